The van der Waals surface area contributed by atoms with Crippen molar-refractivity contribution in [3.8, 4) is 5.75 Å². The normalized spacial score (nSPS) is 25.2. The van der Waals surface area contributed by atoms with E-state index in [2.05, 4.69) is 24.2 Å². The van der Waals surface area contributed by atoms with Gasteiger partial charge in [0.1, 0.15) is 10.5 Å². The lowest BCUT2D eigenvalue weighted by Crippen LogP contribution is -2.38. The lowest BCUT2D eigenvalue weighted by molar-refractivity contribution is -0.122. The average molecular weight is 306 g/mol. The van der Waals surface area contributed by atoms with E-state index in [1.165, 1.54) is 11.8 Å². The molecule has 0 aromatic heterocycles. The molecule has 1 fully saturated rings. The molecule has 0 aliphatic carbocycles. The number of amides is 1. The summed E-state index contributed by atoms with van der Waals surface area (Å²) >= 11 is 1.51. The second-order valence-electron chi connectivity index (χ2n) is 5.67. The van der Waals surface area contributed by atoms with Gasteiger partial charge in [-0.05, 0) is 25.8 Å². The lowest BCUT2D eigenvalue weighted by atomic mass is 9.96. The Balaban J connectivity index is 2.23. The van der Waals surface area contributed by atoms with Gasteiger partial charge in [-0.15, -0.1) is 0 Å². The zero-order chi connectivity index (χ0) is 15.6. The van der Waals surface area contributed by atoms with Gasteiger partial charge in [-0.3, -0.25) is 9.79 Å². The zero-order valence-electron chi connectivity index (χ0n) is 13.1. The van der Waals surface area contributed by atoms with Gasteiger partial charge in [0.2, 0.25) is 5.91 Å². The smallest absolute Gasteiger partial charge is 0.242 e. The highest BCUT2D eigenvalue weighted by Gasteiger charge is 2.45. The Hall–Kier alpha value is -1.49. The van der Waals surface area contributed by atoms with Gasteiger partial charge >= 0.3 is 0 Å². The molecule has 1 aromatic rings. The number of carbonyl (C=O) groups excluding carboxylic acids is 1. The molecular formula is C16H22N2O2S. The summed E-state index contributed by atoms with van der Waals surface area (Å²) in [6.07, 6.45) is 0. The molecule has 4 nitrogen and oxygen atoms in total. The van der Waals surface area contributed by atoms with E-state index in [1.54, 1.807) is 7.11 Å². The van der Waals surface area contributed by atoms with E-state index in [4.69, 9.17) is 4.74 Å². The van der Waals surface area contributed by atoms with Crippen LogP contribution in [-0.4, -0.2) is 22.9 Å². The number of carbonyl (C=O) groups is 1. The van der Waals surface area contributed by atoms with Gasteiger partial charge in [0.15, 0.2) is 5.17 Å². The SMILES string of the molecule is COc1ccccc1[C@H](C)N=C1NC(=O)C(C)(C(C)C)S1. The summed E-state index contributed by atoms with van der Waals surface area (Å²) in [6, 6.07) is 7.75. The number of aliphatic imine (C=N–C) groups is 1. The molecule has 114 valence electrons. The molecule has 1 aromatic carbocycles. The molecule has 1 aliphatic heterocycles. The molecule has 0 spiro atoms. The van der Waals surface area contributed by atoms with Crippen LogP contribution in [0.15, 0.2) is 29.3 Å². The maximum atomic E-state index is 12.2. The Morgan fingerprint density at radius 2 is 1.95 bits per heavy atom. The molecule has 2 rings (SSSR count). The maximum Gasteiger partial charge on any atom is 0.242 e. The van der Waals surface area contributed by atoms with Crippen LogP contribution in [0.2, 0.25) is 0 Å². The third-order valence-electron chi connectivity index (χ3n) is 3.98. The minimum Gasteiger partial charge on any atom is -0.496 e. The van der Waals surface area contributed by atoms with Gasteiger partial charge < -0.3 is 10.1 Å². The van der Waals surface area contributed by atoms with E-state index in [0.717, 1.165) is 11.3 Å². The number of ether oxygens (including phenoxy) is 1. The molecule has 5 heteroatoms. The standard InChI is InChI=1S/C16H22N2O2S/c1-10(2)16(4)14(19)18-15(21-16)17-11(3)12-8-6-7-9-13(12)20-5/h6-11H,1-5H3,(H,17,18,19)/t11-,16?/m0/s1. The van der Waals surface area contributed by atoms with Gasteiger partial charge in [0.05, 0.1) is 13.2 Å². The number of hydrogen-bond donors (Lipinski definition) is 1. The van der Waals surface area contributed by atoms with E-state index in [-0.39, 0.29) is 17.9 Å². The number of rotatable bonds is 4. The maximum absolute atomic E-state index is 12.2. The minimum atomic E-state index is -0.445. The highest BCUT2D eigenvalue weighted by molar-refractivity contribution is 8.16. The summed E-state index contributed by atoms with van der Waals surface area (Å²) in [5.74, 6) is 1.10. The van der Waals surface area contributed by atoms with Crippen molar-refractivity contribution in [1.29, 1.82) is 0 Å². The molecule has 2 atom stereocenters. The summed E-state index contributed by atoms with van der Waals surface area (Å²) in [5.41, 5.74) is 1.01. The third kappa shape index (κ3) is 3.07. The van der Waals surface area contributed by atoms with Crippen LogP contribution >= 0.6 is 11.8 Å². The number of thioether (sulfide) groups is 1. The van der Waals surface area contributed by atoms with Crippen LogP contribution in [0, 0.1) is 5.92 Å². The number of hydrogen-bond acceptors (Lipinski definition) is 4. The van der Waals surface area contributed by atoms with Crippen LogP contribution in [0.4, 0.5) is 0 Å². The fourth-order valence-corrected chi connectivity index (χ4v) is 3.33. The number of amidine groups is 1. The van der Waals surface area contributed by atoms with E-state index in [9.17, 15) is 4.79 Å². The topological polar surface area (TPSA) is 50.7 Å². The van der Waals surface area contributed by atoms with E-state index >= 15 is 0 Å². The second kappa shape index (κ2) is 6.10. The lowest BCUT2D eigenvalue weighted by Gasteiger charge is -2.22. The first-order valence-corrected chi connectivity index (χ1v) is 7.91. The number of nitrogens with one attached hydrogen (secondary N) is 1. The van der Waals surface area contributed by atoms with Crippen LogP contribution in [0.5, 0.6) is 5.75 Å². The van der Waals surface area contributed by atoms with Crippen molar-refractivity contribution >= 4 is 22.8 Å². The Kier molecular flexibility index (Phi) is 4.61. The quantitative estimate of drug-likeness (QED) is 0.927. The van der Waals surface area contributed by atoms with Crippen molar-refractivity contribution in [3.05, 3.63) is 29.8 Å². The molecule has 0 bridgehead atoms. The molecule has 21 heavy (non-hydrogen) atoms. The highest BCUT2D eigenvalue weighted by atomic mass is 32.2. The largest absolute Gasteiger partial charge is 0.496 e. The molecule has 0 saturated carbocycles. The van der Waals surface area contributed by atoms with Gasteiger partial charge in [0, 0.05) is 5.56 Å². The van der Waals surface area contributed by atoms with Crippen molar-refractivity contribution in [2.75, 3.05) is 7.11 Å². The predicted molar refractivity (Wildman–Crippen MR) is 87.8 cm³/mol. The van der Waals surface area contributed by atoms with Gasteiger partial charge in [-0.2, -0.15) is 0 Å². The summed E-state index contributed by atoms with van der Waals surface area (Å²) in [7, 11) is 1.65. The molecule has 0 radical (unpaired) electrons. The first-order valence-electron chi connectivity index (χ1n) is 7.09. The monoisotopic (exact) mass is 306 g/mol. The molecule has 1 saturated heterocycles. The van der Waals surface area contributed by atoms with Crippen LogP contribution in [0.3, 0.4) is 0 Å². The summed E-state index contributed by atoms with van der Waals surface area (Å²) in [4.78, 5) is 16.8. The number of nitrogens with zero attached hydrogens (tertiary/aromatic N) is 1. The Morgan fingerprint density at radius 3 is 2.52 bits per heavy atom. The Labute approximate surface area is 130 Å². The highest BCUT2D eigenvalue weighted by Crippen LogP contribution is 2.39. The van der Waals surface area contributed by atoms with Crippen LogP contribution in [0.1, 0.15) is 39.3 Å². The number of para-hydroxylation sites is 1. The van der Waals surface area contributed by atoms with Crippen LogP contribution in [0.25, 0.3) is 0 Å². The average Bonchev–Trinajstić information content (AvgIpc) is 2.74. The summed E-state index contributed by atoms with van der Waals surface area (Å²) in [5, 5.41) is 3.59. The van der Waals surface area contributed by atoms with Crippen molar-refractivity contribution < 1.29 is 9.53 Å². The summed E-state index contributed by atoms with van der Waals surface area (Å²) < 4.78 is 4.92. The molecule has 1 unspecified atom stereocenters. The first-order chi connectivity index (χ1) is 9.88. The zero-order valence-corrected chi connectivity index (χ0v) is 14.0. The Bertz CT molecular complexity index is 571. The van der Waals surface area contributed by atoms with Crippen molar-refractivity contribution in [1.82, 2.24) is 5.32 Å². The van der Waals surface area contributed by atoms with E-state index in [0.29, 0.717) is 5.17 Å². The van der Waals surface area contributed by atoms with Gasteiger partial charge in [-0.25, -0.2) is 0 Å². The third-order valence-corrected chi connectivity index (χ3v) is 5.46. The molecule has 1 N–H and O–H groups in total. The molecule has 1 heterocycles. The number of methoxy groups -OCH3 is 1. The van der Waals surface area contributed by atoms with Crippen LogP contribution < -0.4 is 10.1 Å². The second-order valence-corrected chi connectivity index (χ2v) is 7.11. The van der Waals surface area contributed by atoms with E-state index < -0.39 is 4.75 Å². The first kappa shape index (κ1) is 15.9. The van der Waals surface area contributed by atoms with Crippen molar-refractivity contribution in [2.24, 2.45) is 10.9 Å². The van der Waals surface area contributed by atoms with Crippen molar-refractivity contribution in [2.45, 2.75) is 38.5 Å². The van der Waals surface area contributed by atoms with Gasteiger partial charge in [-0.1, -0.05) is 43.8 Å². The fourth-order valence-electron chi connectivity index (χ4n) is 2.19. The van der Waals surface area contributed by atoms with Crippen molar-refractivity contribution in [3.63, 3.8) is 0 Å². The predicted octanol–water partition coefficient (Wildman–Crippen LogP) is 3.39. The van der Waals surface area contributed by atoms with Gasteiger partial charge in [0.25, 0.3) is 0 Å². The van der Waals surface area contributed by atoms with Crippen LogP contribution in [-0.2, 0) is 4.79 Å². The number of benzene rings is 1. The summed E-state index contributed by atoms with van der Waals surface area (Å²) in [6.45, 7) is 8.08. The molecule has 1 amide bonds. The minimum absolute atomic E-state index is 0.0356. The Morgan fingerprint density at radius 1 is 1.29 bits per heavy atom. The molecule has 1 aliphatic rings. The van der Waals surface area contributed by atoms with E-state index in [1.807, 2.05) is 38.1 Å². The fraction of sp³-hybridized carbons (Fsp3) is 0.500. The molecular weight excluding hydrogens is 284 g/mol.